The van der Waals surface area contributed by atoms with Crippen molar-refractivity contribution in [1.29, 1.82) is 0 Å². The molecule has 6 nitrogen and oxygen atoms in total. The van der Waals surface area contributed by atoms with E-state index in [9.17, 15) is 4.79 Å². The third-order valence-corrected chi connectivity index (χ3v) is 5.95. The first-order chi connectivity index (χ1) is 13.4. The Bertz CT molecular complexity index is 899. The van der Waals surface area contributed by atoms with E-state index in [0.717, 1.165) is 34.3 Å². The number of hydrogen-bond donors (Lipinski definition) is 1. The Morgan fingerprint density at radius 3 is 2.79 bits per heavy atom. The van der Waals surface area contributed by atoms with Crippen molar-refractivity contribution < 1.29 is 4.79 Å². The maximum atomic E-state index is 12.1. The zero-order valence-electron chi connectivity index (χ0n) is 16.4. The van der Waals surface area contributed by atoms with Gasteiger partial charge < -0.3 is 9.88 Å². The van der Waals surface area contributed by atoms with Crippen LogP contribution in [0, 0.1) is 0 Å². The normalized spacial score (nSPS) is 11.5. The van der Waals surface area contributed by atoms with E-state index in [1.165, 1.54) is 11.8 Å². The summed E-state index contributed by atoms with van der Waals surface area (Å²) in [5, 5.41) is 7.01. The van der Waals surface area contributed by atoms with Crippen molar-refractivity contribution >= 4 is 29.0 Å². The number of imidazole rings is 1. The van der Waals surface area contributed by atoms with Crippen molar-refractivity contribution in [3.05, 3.63) is 47.3 Å². The largest absolute Gasteiger partial charge is 0.355 e. The molecule has 28 heavy (non-hydrogen) atoms. The monoisotopic (exact) mass is 415 g/mol. The lowest BCUT2D eigenvalue weighted by atomic mass is 10.1. The summed E-state index contributed by atoms with van der Waals surface area (Å²) < 4.78 is 2.09. The molecule has 0 unspecified atom stereocenters. The predicted octanol–water partition coefficient (Wildman–Crippen LogP) is 4.00. The molecule has 0 atom stereocenters. The number of hydrogen-bond acceptors (Lipinski definition) is 6. The molecule has 3 aromatic rings. The minimum Gasteiger partial charge on any atom is -0.355 e. The third kappa shape index (κ3) is 5.65. The van der Waals surface area contributed by atoms with Crippen LogP contribution in [0.3, 0.4) is 0 Å². The molecule has 0 spiro atoms. The van der Waals surface area contributed by atoms with Gasteiger partial charge in [-0.1, -0.05) is 11.8 Å². The highest BCUT2D eigenvalue weighted by Crippen LogP contribution is 2.24. The van der Waals surface area contributed by atoms with Crippen molar-refractivity contribution in [1.82, 2.24) is 24.8 Å². The van der Waals surface area contributed by atoms with Gasteiger partial charge in [0, 0.05) is 54.2 Å². The van der Waals surface area contributed by atoms with E-state index in [1.54, 1.807) is 29.9 Å². The smallest absolute Gasteiger partial charge is 0.230 e. The van der Waals surface area contributed by atoms with E-state index in [1.807, 2.05) is 18.3 Å². The first-order valence-electron chi connectivity index (χ1n) is 9.21. The Morgan fingerprint density at radius 1 is 1.25 bits per heavy atom. The molecule has 0 aliphatic heterocycles. The van der Waals surface area contributed by atoms with Crippen LogP contribution in [0.2, 0.25) is 0 Å². The molecule has 0 aromatic carbocycles. The number of thioether (sulfide) groups is 1. The Morgan fingerprint density at radius 2 is 2.04 bits per heavy atom. The van der Waals surface area contributed by atoms with Gasteiger partial charge in [0.15, 0.2) is 5.16 Å². The lowest BCUT2D eigenvalue weighted by Gasteiger charge is -2.22. The molecule has 3 aromatic heterocycles. The first-order valence-corrected chi connectivity index (χ1v) is 11.1. The summed E-state index contributed by atoms with van der Waals surface area (Å²) in [6, 6.07) is 3.92. The van der Waals surface area contributed by atoms with Crippen molar-refractivity contribution in [2.45, 2.75) is 44.3 Å². The Hall–Kier alpha value is -2.19. The van der Waals surface area contributed by atoms with Gasteiger partial charge in [0.25, 0.3) is 0 Å². The van der Waals surface area contributed by atoms with Gasteiger partial charge in [0.2, 0.25) is 5.91 Å². The predicted molar refractivity (Wildman–Crippen MR) is 115 cm³/mol. The fourth-order valence-electron chi connectivity index (χ4n) is 2.64. The average Bonchev–Trinajstić information content (AvgIpc) is 3.33. The molecule has 8 heteroatoms. The Balaban J connectivity index is 1.38. The fourth-order valence-corrected chi connectivity index (χ4v) is 4.46. The second-order valence-corrected chi connectivity index (χ2v) is 9.24. The molecule has 0 saturated heterocycles. The van der Waals surface area contributed by atoms with E-state index in [4.69, 9.17) is 0 Å². The maximum Gasteiger partial charge on any atom is 0.230 e. The fraction of sp³-hybridized carbons (Fsp3) is 0.400. The summed E-state index contributed by atoms with van der Waals surface area (Å²) in [4.78, 5) is 25.2. The van der Waals surface area contributed by atoms with E-state index >= 15 is 0 Å². The quantitative estimate of drug-likeness (QED) is 0.445. The summed E-state index contributed by atoms with van der Waals surface area (Å²) in [5.74, 6) is 0.404. The molecule has 0 bridgehead atoms. The summed E-state index contributed by atoms with van der Waals surface area (Å²) >= 11 is 3.12. The number of carbonyl (C=O) groups is 1. The summed E-state index contributed by atoms with van der Waals surface area (Å²) in [6.45, 7) is 7.02. The van der Waals surface area contributed by atoms with E-state index in [-0.39, 0.29) is 11.4 Å². The minimum absolute atomic E-state index is 0.0325. The van der Waals surface area contributed by atoms with E-state index in [0.29, 0.717) is 12.3 Å². The third-order valence-electron chi connectivity index (χ3n) is 4.08. The molecular weight excluding hydrogens is 390 g/mol. The number of rotatable bonds is 8. The average molecular weight is 416 g/mol. The molecule has 1 N–H and O–H groups in total. The van der Waals surface area contributed by atoms with Crippen LogP contribution < -0.4 is 5.32 Å². The lowest BCUT2D eigenvalue weighted by molar-refractivity contribution is -0.118. The summed E-state index contributed by atoms with van der Waals surface area (Å²) in [6.07, 6.45) is 9.01. The number of thiazole rings is 1. The Kier molecular flexibility index (Phi) is 6.85. The molecule has 0 radical (unpaired) electrons. The van der Waals surface area contributed by atoms with Crippen LogP contribution in [-0.4, -0.2) is 37.7 Å². The topological polar surface area (TPSA) is 72.7 Å². The standard InChI is InChI=1S/C20H25N5OS2/c1-20(2,3)25-12-11-23-19(25)28-14-17(26)22-8-4-5-18-24-16(13-27-18)15-6-9-21-10-7-15/h6-7,9-13H,4-5,8,14H2,1-3H3,(H,22,26). The van der Waals surface area contributed by atoms with Crippen molar-refractivity contribution in [3.8, 4) is 11.3 Å². The number of amides is 1. The highest BCUT2D eigenvalue weighted by Gasteiger charge is 2.17. The number of pyridine rings is 1. The van der Waals surface area contributed by atoms with Crippen LogP contribution >= 0.6 is 23.1 Å². The molecule has 3 heterocycles. The van der Waals surface area contributed by atoms with Gasteiger partial charge in [-0.15, -0.1) is 11.3 Å². The van der Waals surface area contributed by atoms with Crippen LogP contribution in [-0.2, 0) is 16.8 Å². The number of carbonyl (C=O) groups excluding carboxylic acids is 1. The molecule has 0 aliphatic carbocycles. The van der Waals surface area contributed by atoms with Crippen LogP contribution in [0.5, 0.6) is 0 Å². The van der Waals surface area contributed by atoms with Crippen LogP contribution in [0.4, 0.5) is 0 Å². The molecule has 3 rings (SSSR count). The van der Waals surface area contributed by atoms with Gasteiger partial charge in [-0.25, -0.2) is 9.97 Å². The highest BCUT2D eigenvalue weighted by molar-refractivity contribution is 7.99. The molecule has 0 saturated carbocycles. The van der Waals surface area contributed by atoms with E-state index in [2.05, 4.69) is 51.0 Å². The van der Waals surface area contributed by atoms with E-state index < -0.39 is 0 Å². The van der Waals surface area contributed by atoms with Crippen molar-refractivity contribution in [3.63, 3.8) is 0 Å². The number of nitrogens with zero attached hydrogens (tertiary/aromatic N) is 4. The molecule has 0 aliphatic rings. The van der Waals surface area contributed by atoms with Crippen LogP contribution in [0.15, 0.2) is 47.5 Å². The maximum absolute atomic E-state index is 12.1. The number of aromatic nitrogens is 4. The molecular formula is C20H25N5OS2. The Labute approximate surface area is 173 Å². The summed E-state index contributed by atoms with van der Waals surface area (Å²) in [7, 11) is 0. The second kappa shape index (κ2) is 9.34. The number of nitrogens with one attached hydrogen (secondary N) is 1. The van der Waals surface area contributed by atoms with Gasteiger partial charge >= 0.3 is 0 Å². The zero-order chi connectivity index (χ0) is 20.0. The number of aryl methyl sites for hydroxylation is 1. The first kappa shape index (κ1) is 20.5. The SMILES string of the molecule is CC(C)(C)n1ccnc1SCC(=O)NCCCc1nc(-c2ccncc2)cs1. The van der Waals surface area contributed by atoms with Gasteiger partial charge in [-0.3, -0.25) is 9.78 Å². The summed E-state index contributed by atoms with van der Waals surface area (Å²) in [5.41, 5.74) is 2.02. The van der Waals surface area contributed by atoms with Crippen LogP contribution in [0.1, 0.15) is 32.2 Å². The van der Waals surface area contributed by atoms with Gasteiger partial charge in [0.05, 0.1) is 16.5 Å². The second-order valence-electron chi connectivity index (χ2n) is 7.36. The molecule has 1 amide bonds. The zero-order valence-corrected chi connectivity index (χ0v) is 18.0. The van der Waals surface area contributed by atoms with Crippen LogP contribution in [0.25, 0.3) is 11.3 Å². The molecule has 148 valence electrons. The molecule has 0 fully saturated rings. The van der Waals surface area contributed by atoms with Crippen molar-refractivity contribution in [2.24, 2.45) is 0 Å². The minimum atomic E-state index is -0.0435. The lowest BCUT2D eigenvalue weighted by Crippen LogP contribution is -2.27. The van der Waals surface area contributed by atoms with Gasteiger partial charge in [-0.05, 0) is 39.3 Å². The van der Waals surface area contributed by atoms with Gasteiger partial charge in [0.1, 0.15) is 0 Å². The van der Waals surface area contributed by atoms with Crippen molar-refractivity contribution in [2.75, 3.05) is 12.3 Å². The van der Waals surface area contributed by atoms with Gasteiger partial charge in [-0.2, -0.15) is 0 Å². The highest BCUT2D eigenvalue weighted by atomic mass is 32.2.